The molecule has 0 aromatic heterocycles. The third-order valence-corrected chi connectivity index (χ3v) is 9.04. The second-order valence-corrected chi connectivity index (χ2v) is 14.6. The highest BCUT2D eigenvalue weighted by atomic mass is 16.4. The highest BCUT2D eigenvalue weighted by molar-refractivity contribution is 5.97. The molecule has 0 aliphatic carbocycles. The first kappa shape index (κ1) is 57.2. The number of nitrogens with two attached hydrogens (primary N) is 8. The van der Waals surface area contributed by atoms with Gasteiger partial charge in [-0.1, -0.05) is 0 Å². The summed E-state index contributed by atoms with van der Waals surface area (Å²) >= 11 is 0. The van der Waals surface area contributed by atoms with Gasteiger partial charge in [-0.2, -0.15) is 0 Å². The first-order chi connectivity index (χ1) is 30.0. The Bertz CT molecular complexity index is 1670. The fourth-order valence-corrected chi connectivity index (χ4v) is 5.61. The second kappa shape index (κ2) is 31.1. The smallest absolute Gasteiger partial charge is 0.326 e. The lowest BCUT2D eigenvalue weighted by Gasteiger charge is -2.27. The van der Waals surface area contributed by atoms with Gasteiger partial charge in [-0.15, -0.1) is 0 Å². The summed E-state index contributed by atoms with van der Waals surface area (Å²) in [7, 11) is 0. The molecule has 0 fully saturated rings. The van der Waals surface area contributed by atoms with Crippen molar-refractivity contribution in [2.24, 2.45) is 55.9 Å². The van der Waals surface area contributed by atoms with Crippen LogP contribution in [0, 0.1) is 0 Å². The van der Waals surface area contributed by atoms with E-state index in [0.29, 0.717) is 12.8 Å². The minimum Gasteiger partial charge on any atom is -0.481 e. The molecule has 0 rings (SSSR count). The van der Waals surface area contributed by atoms with E-state index >= 15 is 0 Å². The van der Waals surface area contributed by atoms with Crippen molar-refractivity contribution in [3.63, 3.8) is 0 Å². The standard InChI is InChI=1S/C36H66N16O12/c1-18(38)28(57)47-19(6-2-3-15-37)29(58)51-23(11-14-27(55)56)33(62)50-22(9-12-25(39)53)32(61)49-20(7-4-16-45-35(41)42)30(59)48-21(8-5-17-46-36(43)44)31(60)52-24(34(63)64)10-13-26(40)54/h18-24H,2-17,37-38H2,1H3,(H2,39,53)(H2,40,54)(H,47,57)(H,48,59)(H,49,61)(H,50,62)(H,51,58)(H,52,60)(H,55,56)(H,63,64)(H4,41,42,45)(H4,43,44,46)/t18-,19-,20-,21-,22-,23-,24-/m0/s1. The molecule has 28 nitrogen and oxygen atoms in total. The van der Waals surface area contributed by atoms with Crippen molar-refractivity contribution in [1.82, 2.24) is 31.9 Å². The molecule has 362 valence electrons. The molecule has 0 aromatic carbocycles. The van der Waals surface area contributed by atoms with Crippen LogP contribution in [0.3, 0.4) is 0 Å². The number of primary amides is 2. The predicted molar refractivity (Wildman–Crippen MR) is 229 cm³/mol. The molecular formula is C36H66N16O12. The van der Waals surface area contributed by atoms with E-state index in [0.717, 1.165) is 0 Å². The number of nitrogens with one attached hydrogen (secondary N) is 6. The van der Waals surface area contributed by atoms with Crippen LogP contribution in [0.15, 0.2) is 9.98 Å². The summed E-state index contributed by atoms with van der Waals surface area (Å²) in [5.41, 5.74) is 43.3. The van der Waals surface area contributed by atoms with E-state index in [1.807, 2.05) is 0 Å². The highest BCUT2D eigenvalue weighted by Gasteiger charge is 2.34. The monoisotopic (exact) mass is 915 g/mol. The quantitative estimate of drug-likeness (QED) is 0.0162. The third kappa shape index (κ3) is 25.8. The Kier molecular flexibility index (Phi) is 27.7. The number of unbranched alkanes of at least 4 members (excludes halogenated alkanes) is 1. The zero-order chi connectivity index (χ0) is 48.9. The molecule has 0 saturated heterocycles. The number of carboxylic acids is 2. The van der Waals surface area contributed by atoms with E-state index in [4.69, 9.17) is 45.9 Å². The van der Waals surface area contributed by atoms with Crippen molar-refractivity contribution in [2.75, 3.05) is 19.6 Å². The molecule has 8 amide bonds. The molecule has 0 spiro atoms. The van der Waals surface area contributed by atoms with Crippen LogP contribution in [0.4, 0.5) is 0 Å². The minimum absolute atomic E-state index is 0.0175. The number of nitrogens with zero attached hydrogens (tertiary/aromatic N) is 2. The molecule has 0 saturated carbocycles. The van der Waals surface area contributed by atoms with Gasteiger partial charge in [0.1, 0.15) is 36.3 Å². The molecule has 28 heteroatoms. The van der Waals surface area contributed by atoms with Crippen molar-refractivity contribution < 1.29 is 58.2 Å². The van der Waals surface area contributed by atoms with Gasteiger partial charge in [-0.3, -0.25) is 53.1 Å². The molecule has 0 bridgehead atoms. The Balaban J connectivity index is 6.79. The SMILES string of the molecule is C[C@H](N)C(=O)N[C@@H](CCCCN)C(=O)N[C@@H](CCC(=O)O)C(=O)N[C@@H](CCC(N)=O)C(=O)N[C@@H](CCCN=C(N)N)C(=O)N[C@@H](CCCN=C(N)N)C(=O)N[C@@H](CCC(N)=O)C(=O)O. The fourth-order valence-electron chi connectivity index (χ4n) is 5.61. The maximum atomic E-state index is 13.9. The number of hydrogen-bond acceptors (Lipinski definition) is 14. The normalized spacial score (nSPS) is 14.0. The van der Waals surface area contributed by atoms with Gasteiger partial charge in [0.05, 0.1) is 6.04 Å². The van der Waals surface area contributed by atoms with Crippen LogP contribution in [-0.2, 0) is 47.9 Å². The van der Waals surface area contributed by atoms with E-state index in [-0.39, 0.29) is 70.1 Å². The summed E-state index contributed by atoms with van der Waals surface area (Å²) in [5.74, 6) is -10.9. The number of carbonyl (C=O) groups is 10. The van der Waals surface area contributed by atoms with Crippen LogP contribution in [-0.4, -0.2) is 143 Å². The van der Waals surface area contributed by atoms with Gasteiger partial charge < -0.3 is 88.0 Å². The Morgan fingerprint density at radius 2 is 0.766 bits per heavy atom. The maximum Gasteiger partial charge on any atom is 0.326 e. The van der Waals surface area contributed by atoms with Crippen LogP contribution in [0.1, 0.15) is 90.4 Å². The maximum absolute atomic E-state index is 13.9. The first-order valence-electron chi connectivity index (χ1n) is 20.4. The van der Waals surface area contributed by atoms with Crippen molar-refractivity contribution in [2.45, 2.75) is 133 Å². The lowest BCUT2D eigenvalue weighted by molar-refractivity contribution is -0.142. The Morgan fingerprint density at radius 1 is 0.453 bits per heavy atom. The summed E-state index contributed by atoms with van der Waals surface area (Å²) in [6, 6.07) is -10.1. The summed E-state index contributed by atoms with van der Waals surface area (Å²) < 4.78 is 0. The van der Waals surface area contributed by atoms with Gasteiger partial charge in [-0.25, -0.2) is 4.79 Å². The third-order valence-electron chi connectivity index (χ3n) is 9.04. The van der Waals surface area contributed by atoms with Crippen LogP contribution in [0.2, 0.25) is 0 Å². The molecule has 0 heterocycles. The molecule has 0 aliphatic heterocycles. The van der Waals surface area contributed by atoms with Gasteiger partial charge in [0.25, 0.3) is 0 Å². The van der Waals surface area contributed by atoms with E-state index < -0.39 is 134 Å². The van der Waals surface area contributed by atoms with Gasteiger partial charge in [0.2, 0.25) is 47.3 Å². The van der Waals surface area contributed by atoms with E-state index in [2.05, 4.69) is 41.9 Å². The second-order valence-electron chi connectivity index (χ2n) is 14.6. The molecule has 64 heavy (non-hydrogen) atoms. The molecule has 0 unspecified atom stereocenters. The van der Waals surface area contributed by atoms with Gasteiger partial charge in [0.15, 0.2) is 11.9 Å². The number of aliphatic imine (C=N–C) groups is 2. The van der Waals surface area contributed by atoms with Crippen molar-refractivity contribution >= 4 is 71.1 Å². The summed E-state index contributed by atoms with van der Waals surface area (Å²) in [6.07, 6.45) is -2.22. The minimum atomic E-state index is -1.66. The number of hydrogen-bond donors (Lipinski definition) is 16. The molecule has 0 aromatic rings. The van der Waals surface area contributed by atoms with Crippen molar-refractivity contribution in [3.8, 4) is 0 Å². The average molecular weight is 915 g/mol. The Labute approximate surface area is 369 Å². The molecule has 24 N–H and O–H groups in total. The summed E-state index contributed by atoms with van der Waals surface area (Å²) in [4.78, 5) is 135. The Morgan fingerprint density at radius 3 is 1.08 bits per heavy atom. The summed E-state index contributed by atoms with van der Waals surface area (Å²) in [5, 5.41) is 33.5. The van der Waals surface area contributed by atoms with Gasteiger partial charge in [0, 0.05) is 32.4 Å². The lowest BCUT2D eigenvalue weighted by Crippen LogP contribution is -2.59. The van der Waals surface area contributed by atoms with E-state index in [1.165, 1.54) is 6.92 Å². The molecular weight excluding hydrogens is 848 g/mol. The summed E-state index contributed by atoms with van der Waals surface area (Å²) in [6.45, 7) is 1.59. The number of rotatable bonds is 34. The lowest BCUT2D eigenvalue weighted by atomic mass is 10.0. The number of amides is 8. The van der Waals surface area contributed by atoms with Crippen LogP contribution < -0.4 is 77.8 Å². The zero-order valence-electron chi connectivity index (χ0n) is 35.8. The fraction of sp³-hybridized carbons (Fsp3) is 0.667. The number of aliphatic carboxylic acids is 2. The molecule has 0 aliphatic rings. The Hall–Kier alpha value is -6.84. The average Bonchev–Trinajstić information content (AvgIpc) is 3.20. The predicted octanol–water partition coefficient (Wildman–Crippen LogP) is -7.04. The largest absolute Gasteiger partial charge is 0.481 e. The van der Waals surface area contributed by atoms with E-state index in [1.54, 1.807) is 0 Å². The van der Waals surface area contributed by atoms with Crippen LogP contribution >= 0.6 is 0 Å². The van der Waals surface area contributed by atoms with Gasteiger partial charge in [-0.05, 0) is 77.7 Å². The van der Waals surface area contributed by atoms with E-state index in [9.17, 15) is 58.2 Å². The highest BCUT2D eigenvalue weighted by Crippen LogP contribution is 2.10. The number of carbonyl (C=O) groups excluding carboxylic acids is 8. The topological polar surface area (TPSA) is 516 Å². The number of guanidine groups is 2. The molecule has 7 atom stereocenters. The van der Waals surface area contributed by atoms with Crippen molar-refractivity contribution in [1.29, 1.82) is 0 Å². The number of carboxylic acid groups (broad SMARTS) is 2. The van der Waals surface area contributed by atoms with Crippen molar-refractivity contribution in [3.05, 3.63) is 0 Å². The first-order valence-corrected chi connectivity index (χ1v) is 20.4. The van der Waals surface area contributed by atoms with Gasteiger partial charge >= 0.3 is 11.9 Å². The van der Waals surface area contributed by atoms with Crippen LogP contribution in [0.5, 0.6) is 0 Å². The zero-order valence-corrected chi connectivity index (χ0v) is 35.8. The molecule has 0 radical (unpaired) electrons. The van der Waals surface area contributed by atoms with Crippen LogP contribution in [0.25, 0.3) is 0 Å².